The standard InChI is InChI=1S/C13H17BrFNO/c14-13-5-4-11(15)7-10(13)8-17-9-12-3-1-2-6-16-12/h4-5,7,12,16H,1-3,6,8-9H2. The van der Waals surface area contributed by atoms with Crippen LogP contribution in [0.5, 0.6) is 0 Å². The molecule has 0 amide bonds. The Morgan fingerprint density at radius 2 is 2.29 bits per heavy atom. The smallest absolute Gasteiger partial charge is 0.123 e. The van der Waals surface area contributed by atoms with E-state index in [0.717, 1.165) is 16.6 Å². The minimum absolute atomic E-state index is 0.220. The van der Waals surface area contributed by atoms with Crippen LogP contribution in [0.2, 0.25) is 0 Å². The molecule has 1 aromatic rings. The largest absolute Gasteiger partial charge is 0.375 e. The van der Waals surface area contributed by atoms with E-state index in [2.05, 4.69) is 21.2 Å². The molecule has 0 aliphatic carbocycles. The lowest BCUT2D eigenvalue weighted by atomic mass is 10.1. The molecule has 0 bridgehead atoms. The Bertz CT molecular complexity index is 366. The average molecular weight is 302 g/mol. The van der Waals surface area contributed by atoms with E-state index in [4.69, 9.17) is 4.74 Å². The van der Waals surface area contributed by atoms with Crippen molar-refractivity contribution in [2.45, 2.75) is 31.9 Å². The summed E-state index contributed by atoms with van der Waals surface area (Å²) in [6.07, 6.45) is 3.70. The molecule has 4 heteroatoms. The van der Waals surface area contributed by atoms with Gasteiger partial charge < -0.3 is 10.1 Å². The van der Waals surface area contributed by atoms with Crippen LogP contribution >= 0.6 is 15.9 Å². The van der Waals surface area contributed by atoms with Crippen molar-refractivity contribution in [2.24, 2.45) is 0 Å². The molecule has 2 nitrogen and oxygen atoms in total. The number of piperidine rings is 1. The maximum Gasteiger partial charge on any atom is 0.123 e. The summed E-state index contributed by atoms with van der Waals surface area (Å²) in [6.45, 7) is 2.23. The molecule has 1 saturated heterocycles. The molecule has 1 N–H and O–H groups in total. The van der Waals surface area contributed by atoms with Gasteiger partial charge in [0.25, 0.3) is 0 Å². The van der Waals surface area contributed by atoms with Gasteiger partial charge in [-0.2, -0.15) is 0 Å². The summed E-state index contributed by atoms with van der Waals surface area (Å²) in [4.78, 5) is 0. The van der Waals surface area contributed by atoms with E-state index < -0.39 is 0 Å². The molecule has 1 unspecified atom stereocenters. The SMILES string of the molecule is Fc1ccc(Br)c(COCC2CCCCN2)c1. The zero-order valence-electron chi connectivity index (χ0n) is 9.72. The predicted octanol–water partition coefficient (Wildman–Crippen LogP) is 3.25. The van der Waals surface area contributed by atoms with E-state index in [9.17, 15) is 4.39 Å². The zero-order valence-corrected chi connectivity index (χ0v) is 11.3. The van der Waals surface area contributed by atoms with Crippen LogP contribution in [0.3, 0.4) is 0 Å². The van der Waals surface area contributed by atoms with Crippen molar-refractivity contribution in [3.8, 4) is 0 Å². The molecule has 1 fully saturated rings. The number of halogens is 2. The van der Waals surface area contributed by atoms with E-state index in [1.54, 1.807) is 6.07 Å². The van der Waals surface area contributed by atoms with Crippen LogP contribution < -0.4 is 5.32 Å². The third kappa shape index (κ3) is 4.05. The predicted molar refractivity (Wildman–Crippen MR) is 69.4 cm³/mol. The first kappa shape index (κ1) is 13.0. The highest BCUT2D eigenvalue weighted by Gasteiger charge is 2.12. The summed E-state index contributed by atoms with van der Waals surface area (Å²) in [5.41, 5.74) is 0.862. The van der Waals surface area contributed by atoms with Crippen molar-refractivity contribution >= 4 is 15.9 Å². The summed E-state index contributed by atoms with van der Waals surface area (Å²) in [5, 5.41) is 3.42. The van der Waals surface area contributed by atoms with Crippen LogP contribution in [0.4, 0.5) is 4.39 Å². The quantitative estimate of drug-likeness (QED) is 0.922. The van der Waals surface area contributed by atoms with Crippen LogP contribution in [0.25, 0.3) is 0 Å². The number of hydrogen-bond acceptors (Lipinski definition) is 2. The van der Waals surface area contributed by atoms with E-state index in [0.29, 0.717) is 19.3 Å². The van der Waals surface area contributed by atoms with E-state index in [-0.39, 0.29) is 5.82 Å². The Morgan fingerprint density at radius 1 is 1.41 bits per heavy atom. The third-order valence-corrected chi connectivity index (χ3v) is 3.77. The van der Waals surface area contributed by atoms with Crippen molar-refractivity contribution < 1.29 is 9.13 Å². The number of ether oxygens (including phenoxy) is 1. The lowest BCUT2D eigenvalue weighted by Gasteiger charge is -2.23. The highest BCUT2D eigenvalue weighted by molar-refractivity contribution is 9.10. The van der Waals surface area contributed by atoms with Crippen molar-refractivity contribution in [3.05, 3.63) is 34.1 Å². The fourth-order valence-corrected chi connectivity index (χ4v) is 2.39. The molecule has 2 rings (SSSR count). The number of nitrogens with one attached hydrogen (secondary N) is 1. The first-order valence-corrected chi connectivity index (χ1v) is 6.80. The molecular formula is C13H17BrFNO. The molecule has 0 aromatic heterocycles. The fraction of sp³-hybridized carbons (Fsp3) is 0.538. The molecule has 1 aliphatic rings. The Morgan fingerprint density at radius 3 is 3.06 bits per heavy atom. The molecule has 1 atom stereocenters. The van der Waals surface area contributed by atoms with Gasteiger partial charge in [0.15, 0.2) is 0 Å². The Balaban J connectivity index is 1.79. The normalized spacial score (nSPS) is 20.5. The maximum atomic E-state index is 13.0. The molecule has 17 heavy (non-hydrogen) atoms. The molecular weight excluding hydrogens is 285 g/mol. The van der Waals surface area contributed by atoms with Gasteiger partial charge in [-0.05, 0) is 43.1 Å². The van der Waals surface area contributed by atoms with Crippen LogP contribution in [0, 0.1) is 5.82 Å². The van der Waals surface area contributed by atoms with Crippen LogP contribution in [-0.4, -0.2) is 19.2 Å². The van der Waals surface area contributed by atoms with Gasteiger partial charge in [-0.25, -0.2) is 4.39 Å². The summed E-state index contributed by atoms with van der Waals surface area (Å²) in [5.74, 6) is -0.220. The van der Waals surface area contributed by atoms with Gasteiger partial charge in [0.2, 0.25) is 0 Å². The van der Waals surface area contributed by atoms with Gasteiger partial charge in [-0.3, -0.25) is 0 Å². The number of hydrogen-bond donors (Lipinski definition) is 1. The molecule has 0 saturated carbocycles. The van der Waals surface area contributed by atoms with Crippen molar-refractivity contribution in [3.63, 3.8) is 0 Å². The second kappa shape index (κ2) is 6.47. The minimum atomic E-state index is -0.220. The van der Waals surface area contributed by atoms with Gasteiger partial charge in [0.05, 0.1) is 13.2 Å². The molecule has 1 aromatic carbocycles. The number of rotatable bonds is 4. The summed E-state index contributed by atoms with van der Waals surface area (Å²) >= 11 is 3.39. The maximum absolute atomic E-state index is 13.0. The Hall–Kier alpha value is -0.450. The van der Waals surface area contributed by atoms with Gasteiger partial charge in [-0.15, -0.1) is 0 Å². The monoisotopic (exact) mass is 301 g/mol. The average Bonchev–Trinajstić information content (AvgIpc) is 2.35. The van der Waals surface area contributed by atoms with Crippen molar-refractivity contribution in [2.75, 3.05) is 13.2 Å². The molecule has 1 heterocycles. The number of benzene rings is 1. The second-order valence-electron chi connectivity index (χ2n) is 4.40. The van der Waals surface area contributed by atoms with Gasteiger partial charge in [-0.1, -0.05) is 22.4 Å². The minimum Gasteiger partial charge on any atom is -0.375 e. The highest BCUT2D eigenvalue weighted by atomic mass is 79.9. The van der Waals surface area contributed by atoms with E-state index in [1.165, 1.54) is 31.4 Å². The summed E-state index contributed by atoms with van der Waals surface area (Å²) in [7, 11) is 0. The highest BCUT2D eigenvalue weighted by Crippen LogP contribution is 2.19. The molecule has 1 aliphatic heterocycles. The molecule has 0 radical (unpaired) electrons. The van der Waals surface area contributed by atoms with Gasteiger partial charge in [0.1, 0.15) is 5.82 Å². The lowest BCUT2D eigenvalue weighted by Crippen LogP contribution is -2.37. The lowest BCUT2D eigenvalue weighted by molar-refractivity contribution is 0.0906. The van der Waals surface area contributed by atoms with Crippen LogP contribution in [0.1, 0.15) is 24.8 Å². The van der Waals surface area contributed by atoms with E-state index in [1.807, 2.05) is 0 Å². The Kier molecular flexibility index (Phi) is 4.95. The third-order valence-electron chi connectivity index (χ3n) is 3.00. The zero-order chi connectivity index (χ0) is 12.1. The van der Waals surface area contributed by atoms with E-state index >= 15 is 0 Å². The first-order valence-electron chi connectivity index (χ1n) is 6.01. The van der Waals surface area contributed by atoms with Crippen molar-refractivity contribution in [1.82, 2.24) is 5.32 Å². The second-order valence-corrected chi connectivity index (χ2v) is 5.25. The first-order chi connectivity index (χ1) is 8.25. The van der Waals surface area contributed by atoms with Crippen LogP contribution in [0.15, 0.2) is 22.7 Å². The summed E-state index contributed by atoms with van der Waals surface area (Å²) < 4.78 is 19.6. The molecule has 0 spiro atoms. The van der Waals surface area contributed by atoms with Gasteiger partial charge in [0, 0.05) is 10.5 Å². The summed E-state index contributed by atoms with van der Waals surface area (Å²) in [6, 6.07) is 5.12. The topological polar surface area (TPSA) is 21.3 Å². The van der Waals surface area contributed by atoms with Crippen LogP contribution in [-0.2, 0) is 11.3 Å². The van der Waals surface area contributed by atoms with Gasteiger partial charge >= 0.3 is 0 Å². The molecule has 94 valence electrons. The fourth-order valence-electron chi connectivity index (χ4n) is 2.03. The van der Waals surface area contributed by atoms with Crippen molar-refractivity contribution in [1.29, 1.82) is 0 Å². The Labute approximate surface area is 110 Å².